The zero-order valence-electron chi connectivity index (χ0n) is 14.4. The average molecular weight is 497 g/mol. The molecule has 1 atom stereocenters. The summed E-state index contributed by atoms with van der Waals surface area (Å²) in [7, 11) is 1.57. The van der Waals surface area contributed by atoms with E-state index in [2.05, 4.69) is 47.1 Å². The molecule has 27 heavy (non-hydrogen) atoms. The SMILES string of the molecule is COc1ccc(OC(C)C(=O)N=Nc2c(O)[nH]c3c(Br)cc(Br)cc23)cc1. The van der Waals surface area contributed by atoms with E-state index in [9.17, 15) is 9.90 Å². The maximum atomic E-state index is 12.2. The van der Waals surface area contributed by atoms with Gasteiger partial charge in [0.25, 0.3) is 0 Å². The second-order valence-corrected chi connectivity index (χ2v) is 7.38. The van der Waals surface area contributed by atoms with Crippen molar-refractivity contribution in [2.75, 3.05) is 7.11 Å². The molecule has 0 fully saturated rings. The molecule has 0 spiro atoms. The number of rotatable bonds is 5. The predicted octanol–water partition coefficient (Wildman–Crippen LogP) is 5.48. The number of azo groups is 1. The number of aromatic amines is 1. The van der Waals surface area contributed by atoms with Crippen molar-refractivity contribution in [1.29, 1.82) is 0 Å². The lowest BCUT2D eigenvalue weighted by atomic mass is 10.2. The van der Waals surface area contributed by atoms with E-state index in [1.165, 1.54) is 0 Å². The molecule has 2 N–H and O–H groups in total. The first kappa shape index (κ1) is 19.4. The Hall–Kier alpha value is -2.39. The Bertz CT molecular complexity index is 1020. The summed E-state index contributed by atoms with van der Waals surface area (Å²) >= 11 is 6.79. The van der Waals surface area contributed by atoms with E-state index in [0.717, 1.165) is 8.95 Å². The molecule has 0 radical (unpaired) electrons. The van der Waals surface area contributed by atoms with Gasteiger partial charge >= 0.3 is 5.91 Å². The minimum absolute atomic E-state index is 0.177. The first-order valence-electron chi connectivity index (χ1n) is 7.85. The highest BCUT2D eigenvalue weighted by Crippen LogP contribution is 2.40. The molecule has 3 aromatic rings. The highest BCUT2D eigenvalue weighted by Gasteiger charge is 2.17. The standard InChI is InChI=1S/C18H15Br2N3O4/c1-9(27-12-5-3-11(26-2)4-6-12)17(24)23-22-16-13-7-10(19)8-14(20)15(13)21-18(16)25/h3-9,21,25H,1-2H3. The number of H-pyrrole nitrogens is 1. The van der Waals surface area contributed by atoms with Crippen LogP contribution in [0.1, 0.15) is 6.92 Å². The summed E-state index contributed by atoms with van der Waals surface area (Å²) in [6, 6.07) is 10.4. The summed E-state index contributed by atoms with van der Waals surface area (Å²) < 4.78 is 12.2. The zero-order valence-corrected chi connectivity index (χ0v) is 17.5. The molecule has 1 heterocycles. The fourth-order valence-corrected chi connectivity index (χ4v) is 3.71. The first-order valence-corrected chi connectivity index (χ1v) is 9.43. The van der Waals surface area contributed by atoms with E-state index in [4.69, 9.17) is 9.47 Å². The van der Waals surface area contributed by atoms with Gasteiger partial charge in [0.2, 0.25) is 5.88 Å². The lowest BCUT2D eigenvalue weighted by Gasteiger charge is -2.11. The van der Waals surface area contributed by atoms with Crippen molar-refractivity contribution in [2.24, 2.45) is 10.2 Å². The molecule has 0 bridgehead atoms. The van der Waals surface area contributed by atoms with Crippen LogP contribution in [0.3, 0.4) is 0 Å². The van der Waals surface area contributed by atoms with Crippen LogP contribution in [0.4, 0.5) is 5.69 Å². The van der Waals surface area contributed by atoms with Gasteiger partial charge in [0, 0.05) is 14.3 Å². The molecule has 0 saturated carbocycles. The molecule has 9 heteroatoms. The first-order chi connectivity index (χ1) is 12.9. The molecule has 1 amide bonds. The van der Waals surface area contributed by atoms with Crippen LogP contribution in [0.5, 0.6) is 17.4 Å². The van der Waals surface area contributed by atoms with E-state index in [0.29, 0.717) is 22.4 Å². The van der Waals surface area contributed by atoms with Crippen molar-refractivity contribution in [1.82, 2.24) is 4.98 Å². The molecule has 7 nitrogen and oxygen atoms in total. The lowest BCUT2D eigenvalue weighted by Crippen LogP contribution is -2.21. The van der Waals surface area contributed by atoms with Crippen LogP contribution < -0.4 is 9.47 Å². The second kappa shape index (κ2) is 8.10. The quantitative estimate of drug-likeness (QED) is 0.456. The maximum absolute atomic E-state index is 12.2. The Kier molecular flexibility index (Phi) is 5.81. The summed E-state index contributed by atoms with van der Waals surface area (Å²) in [5.41, 5.74) is 0.830. The molecule has 1 unspecified atom stereocenters. The molecular formula is C18H15Br2N3O4. The third kappa shape index (κ3) is 4.30. The number of hydrogen-bond acceptors (Lipinski definition) is 5. The number of hydrogen-bond donors (Lipinski definition) is 2. The Balaban J connectivity index is 1.77. The van der Waals surface area contributed by atoms with Crippen LogP contribution in [0.25, 0.3) is 10.9 Å². The minimum atomic E-state index is -0.840. The van der Waals surface area contributed by atoms with Gasteiger partial charge in [-0.05, 0) is 59.3 Å². The number of aromatic nitrogens is 1. The minimum Gasteiger partial charge on any atom is -0.497 e. The number of methoxy groups -OCH3 is 1. The van der Waals surface area contributed by atoms with Crippen molar-refractivity contribution in [3.63, 3.8) is 0 Å². The Labute approximate surface area is 171 Å². The van der Waals surface area contributed by atoms with Crippen molar-refractivity contribution in [3.8, 4) is 17.4 Å². The molecular weight excluding hydrogens is 482 g/mol. The second-order valence-electron chi connectivity index (χ2n) is 5.61. The Morgan fingerprint density at radius 1 is 1.19 bits per heavy atom. The normalized spacial score (nSPS) is 12.4. The van der Waals surface area contributed by atoms with Gasteiger partial charge in [-0.3, -0.25) is 4.79 Å². The number of ether oxygens (including phenoxy) is 2. The molecule has 0 aliphatic heterocycles. The van der Waals surface area contributed by atoms with Gasteiger partial charge in [-0.1, -0.05) is 15.9 Å². The number of aromatic hydroxyl groups is 1. The average Bonchev–Trinajstić information content (AvgIpc) is 2.96. The van der Waals surface area contributed by atoms with E-state index < -0.39 is 12.0 Å². The van der Waals surface area contributed by atoms with Gasteiger partial charge in [-0.2, -0.15) is 0 Å². The number of amides is 1. The van der Waals surface area contributed by atoms with Crippen molar-refractivity contribution >= 4 is 54.4 Å². The predicted molar refractivity (Wildman–Crippen MR) is 108 cm³/mol. The number of carbonyl (C=O) groups excluding carboxylic acids is 1. The largest absolute Gasteiger partial charge is 0.497 e. The van der Waals surface area contributed by atoms with Crippen LogP contribution in [0.2, 0.25) is 0 Å². The summed E-state index contributed by atoms with van der Waals surface area (Å²) in [5.74, 6) is 0.445. The number of nitrogens with zero attached hydrogens (tertiary/aromatic N) is 2. The summed E-state index contributed by atoms with van der Waals surface area (Å²) in [6.07, 6.45) is -0.840. The number of carbonyl (C=O) groups is 1. The zero-order chi connectivity index (χ0) is 19.6. The van der Waals surface area contributed by atoms with Crippen molar-refractivity contribution in [3.05, 3.63) is 45.3 Å². The van der Waals surface area contributed by atoms with Gasteiger partial charge in [-0.25, -0.2) is 0 Å². The maximum Gasteiger partial charge on any atom is 0.304 e. The molecule has 3 rings (SSSR count). The fraction of sp³-hybridized carbons (Fsp3) is 0.167. The van der Waals surface area contributed by atoms with E-state index in [1.807, 2.05) is 6.07 Å². The lowest BCUT2D eigenvalue weighted by molar-refractivity contribution is -0.124. The van der Waals surface area contributed by atoms with E-state index in [-0.39, 0.29) is 11.6 Å². The monoisotopic (exact) mass is 495 g/mol. The number of nitrogens with one attached hydrogen (secondary N) is 1. The van der Waals surface area contributed by atoms with Crippen LogP contribution in [0, 0.1) is 0 Å². The van der Waals surface area contributed by atoms with Crippen LogP contribution in [0.15, 0.2) is 55.6 Å². The summed E-state index contributed by atoms with van der Waals surface area (Å²) in [5, 5.41) is 18.3. The van der Waals surface area contributed by atoms with Crippen LogP contribution in [-0.4, -0.2) is 29.2 Å². The molecule has 0 aliphatic rings. The molecule has 140 valence electrons. The van der Waals surface area contributed by atoms with Gasteiger partial charge in [0.05, 0.1) is 12.6 Å². The fourth-order valence-electron chi connectivity index (χ4n) is 2.38. The Morgan fingerprint density at radius 3 is 2.52 bits per heavy atom. The van der Waals surface area contributed by atoms with Gasteiger partial charge in [0.15, 0.2) is 11.8 Å². The Morgan fingerprint density at radius 2 is 1.85 bits per heavy atom. The summed E-state index contributed by atoms with van der Waals surface area (Å²) in [4.78, 5) is 15.0. The van der Waals surface area contributed by atoms with Gasteiger partial charge in [-0.15, -0.1) is 10.2 Å². The molecule has 0 aliphatic carbocycles. The third-order valence-electron chi connectivity index (χ3n) is 3.75. The summed E-state index contributed by atoms with van der Waals surface area (Å²) in [6.45, 7) is 1.58. The van der Waals surface area contributed by atoms with Gasteiger partial charge < -0.3 is 19.6 Å². The van der Waals surface area contributed by atoms with Crippen LogP contribution in [-0.2, 0) is 4.79 Å². The van der Waals surface area contributed by atoms with E-state index in [1.54, 1.807) is 44.4 Å². The van der Waals surface area contributed by atoms with Crippen molar-refractivity contribution < 1.29 is 19.4 Å². The number of halogens is 2. The molecule has 1 aromatic heterocycles. The number of benzene rings is 2. The number of fused-ring (bicyclic) bond motifs is 1. The van der Waals surface area contributed by atoms with Crippen molar-refractivity contribution in [2.45, 2.75) is 13.0 Å². The van der Waals surface area contributed by atoms with Crippen LogP contribution >= 0.6 is 31.9 Å². The molecule has 0 saturated heterocycles. The molecule has 2 aromatic carbocycles. The van der Waals surface area contributed by atoms with E-state index >= 15 is 0 Å². The highest BCUT2D eigenvalue weighted by atomic mass is 79.9. The highest BCUT2D eigenvalue weighted by molar-refractivity contribution is 9.11. The third-order valence-corrected chi connectivity index (χ3v) is 4.83. The smallest absolute Gasteiger partial charge is 0.304 e. The van der Waals surface area contributed by atoms with Gasteiger partial charge in [0.1, 0.15) is 11.5 Å². The topological polar surface area (TPSA) is 96.3 Å².